The zero-order valence-corrected chi connectivity index (χ0v) is 11.1. The molecular weight excluding hydrogens is 228 g/mol. The molecule has 0 bridgehead atoms. The predicted molar refractivity (Wildman–Crippen MR) is 70.9 cm³/mol. The average Bonchev–Trinajstić information content (AvgIpc) is 2.43. The Morgan fingerprint density at radius 2 is 2.00 bits per heavy atom. The van der Waals surface area contributed by atoms with Crippen molar-refractivity contribution in [3.05, 3.63) is 41.2 Å². The Bertz CT molecular complexity index is 427. The van der Waals surface area contributed by atoms with Gasteiger partial charge in [0.05, 0.1) is 6.10 Å². The topological polar surface area (TPSA) is 62.2 Å². The maximum Gasteiger partial charge on any atom is 0.246 e. The van der Waals surface area contributed by atoms with Crippen LogP contribution in [0.25, 0.3) is 0 Å². The molecule has 1 aromatic heterocycles. The Balaban J connectivity index is 2.54. The van der Waals surface area contributed by atoms with Gasteiger partial charge in [0.15, 0.2) is 0 Å². The first-order valence-corrected chi connectivity index (χ1v) is 6.08. The van der Waals surface area contributed by atoms with Crippen LogP contribution in [-0.2, 0) is 4.79 Å². The number of nitrogens with zero attached hydrogens (tertiary/aromatic N) is 1. The van der Waals surface area contributed by atoms with E-state index in [1.54, 1.807) is 31.5 Å². The minimum atomic E-state index is -0.702. The average molecular weight is 248 g/mol. The number of nitrogens with one attached hydrogen (secondary N) is 1. The van der Waals surface area contributed by atoms with Crippen LogP contribution in [0.15, 0.2) is 35.7 Å². The molecule has 0 aliphatic carbocycles. The summed E-state index contributed by atoms with van der Waals surface area (Å²) in [6.07, 6.45) is 3.39. The largest absolute Gasteiger partial charge is 0.387 e. The molecule has 0 saturated heterocycles. The quantitative estimate of drug-likeness (QED) is 0.783. The van der Waals surface area contributed by atoms with E-state index in [1.165, 1.54) is 0 Å². The van der Waals surface area contributed by atoms with E-state index < -0.39 is 6.10 Å². The highest BCUT2D eigenvalue weighted by atomic mass is 16.3. The second-order valence-electron chi connectivity index (χ2n) is 4.27. The van der Waals surface area contributed by atoms with Gasteiger partial charge in [0.1, 0.15) is 0 Å². The van der Waals surface area contributed by atoms with Gasteiger partial charge < -0.3 is 10.4 Å². The molecule has 4 nitrogen and oxygen atoms in total. The molecule has 1 atom stereocenters. The lowest BCUT2D eigenvalue weighted by Crippen LogP contribution is -2.29. The molecule has 1 heterocycles. The molecule has 1 rings (SSSR count). The van der Waals surface area contributed by atoms with Crippen molar-refractivity contribution in [2.24, 2.45) is 0 Å². The van der Waals surface area contributed by atoms with Gasteiger partial charge in [-0.15, -0.1) is 0 Å². The Hall–Kier alpha value is -1.68. The molecule has 0 saturated carbocycles. The fraction of sp³-hybridized carbons (Fsp3) is 0.429. The molecule has 1 aromatic rings. The van der Waals surface area contributed by atoms with Crippen molar-refractivity contribution in [2.45, 2.75) is 33.3 Å². The van der Waals surface area contributed by atoms with Crippen molar-refractivity contribution < 1.29 is 9.90 Å². The minimum absolute atomic E-state index is 0.123. The van der Waals surface area contributed by atoms with E-state index in [1.807, 2.05) is 13.8 Å². The van der Waals surface area contributed by atoms with E-state index in [-0.39, 0.29) is 12.5 Å². The summed E-state index contributed by atoms with van der Waals surface area (Å²) in [4.78, 5) is 15.7. The van der Waals surface area contributed by atoms with Crippen LogP contribution >= 0.6 is 0 Å². The molecule has 1 amide bonds. The summed E-state index contributed by atoms with van der Waals surface area (Å²) < 4.78 is 0. The summed E-state index contributed by atoms with van der Waals surface area (Å²) in [5.41, 5.74) is 2.53. The van der Waals surface area contributed by atoms with Crippen LogP contribution in [0.3, 0.4) is 0 Å². The molecule has 0 spiro atoms. The molecule has 0 aromatic carbocycles. The maximum absolute atomic E-state index is 11.8. The van der Waals surface area contributed by atoms with Crippen LogP contribution in [0.5, 0.6) is 0 Å². The molecule has 0 aliphatic rings. The molecule has 0 radical (unpaired) electrons. The normalized spacial score (nSPS) is 13.8. The lowest BCUT2D eigenvalue weighted by atomic mass is 10.1. The lowest BCUT2D eigenvalue weighted by molar-refractivity contribution is -0.118. The van der Waals surface area contributed by atoms with Gasteiger partial charge in [-0.3, -0.25) is 9.78 Å². The van der Waals surface area contributed by atoms with Crippen LogP contribution in [-0.4, -0.2) is 22.5 Å². The number of hydrogen-bond donors (Lipinski definition) is 2. The molecule has 0 fully saturated rings. The second kappa shape index (κ2) is 6.91. The Morgan fingerprint density at radius 3 is 2.56 bits per heavy atom. The number of carbonyl (C=O) groups excluding carboxylic acids is 1. The standard InChI is InChI=1S/C14H20N2O2/c1-4-10(2)11(3)14(18)16-9-13(17)12-5-7-15-8-6-12/h5-8,13,17H,4,9H2,1-3H3,(H,16,18)/b11-10-. The number of aliphatic hydroxyl groups excluding tert-OH is 1. The molecular formula is C14H20N2O2. The van der Waals surface area contributed by atoms with Gasteiger partial charge in [-0.2, -0.15) is 0 Å². The van der Waals surface area contributed by atoms with Gasteiger partial charge in [-0.1, -0.05) is 12.5 Å². The van der Waals surface area contributed by atoms with Crippen molar-refractivity contribution in [3.8, 4) is 0 Å². The van der Waals surface area contributed by atoms with Gasteiger partial charge in [0.2, 0.25) is 5.91 Å². The smallest absolute Gasteiger partial charge is 0.246 e. The van der Waals surface area contributed by atoms with Crippen molar-refractivity contribution in [1.82, 2.24) is 10.3 Å². The first-order chi connectivity index (χ1) is 8.56. The number of rotatable bonds is 5. The van der Waals surface area contributed by atoms with Gasteiger partial charge in [-0.05, 0) is 38.0 Å². The molecule has 2 N–H and O–H groups in total. The fourth-order valence-electron chi connectivity index (χ4n) is 1.48. The van der Waals surface area contributed by atoms with Crippen LogP contribution in [0.2, 0.25) is 0 Å². The van der Waals surface area contributed by atoms with Crippen molar-refractivity contribution in [2.75, 3.05) is 6.54 Å². The first-order valence-electron chi connectivity index (χ1n) is 6.08. The summed E-state index contributed by atoms with van der Waals surface area (Å²) >= 11 is 0. The summed E-state index contributed by atoms with van der Waals surface area (Å²) in [5.74, 6) is -0.123. The Morgan fingerprint density at radius 1 is 1.39 bits per heavy atom. The minimum Gasteiger partial charge on any atom is -0.387 e. The van der Waals surface area contributed by atoms with Gasteiger partial charge in [0, 0.05) is 24.5 Å². The van der Waals surface area contributed by atoms with Crippen molar-refractivity contribution in [3.63, 3.8) is 0 Å². The number of pyridine rings is 1. The van der Waals surface area contributed by atoms with Gasteiger partial charge in [-0.25, -0.2) is 0 Å². The van der Waals surface area contributed by atoms with Crippen LogP contribution in [0.4, 0.5) is 0 Å². The highest BCUT2D eigenvalue weighted by molar-refractivity contribution is 5.93. The van der Waals surface area contributed by atoms with E-state index in [2.05, 4.69) is 10.3 Å². The molecule has 0 aliphatic heterocycles. The molecule has 18 heavy (non-hydrogen) atoms. The molecule has 4 heteroatoms. The van der Waals surface area contributed by atoms with Crippen LogP contribution in [0.1, 0.15) is 38.9 Å². The number of hydrogen-bond acceptors (Lipinski definition) is 3. The summed E-state index contributed by atoms with van der Waals surface area (Å²) in [6.45, 7) is 5.95. The number of aliphatic hydroxyl groups is 1. The van der Waals surface area contributed by atoms with E-state index in [4.69, 9.17) is 0 Å². The predicted octanol–water partition coefficient (Wildman–Crippen LogP) is 1.98. The molecule has 1 unspecified atom stereocenters. The highest BCUT2D eigenvalue weighted by Crippen LogP contribution is 2.11. The Labute approximate surface area is 108 Å². The van der Waals surface area contributed by atoms with Crippen LogP contribution in [0, 0.1) is 0 Å². The van der Waals surface area contributed by atoms with Gasteiger partial charge >= 0.3 is 0 Å². The maximum atomic E-state index is 11.8. The Kier molecular flexibility index (Phi) is 5.52. The highest BCUT2D eigenvalue weighted by Gasteiger charge is 2.11. The number of amides is 1. The summed E-state index contributed by atoms with van der Waals surface area (Å²) in [7, 11) is 0. The number of allylic oxidation sites excluding steroid dienone is 1. The second-order valence-corrected chi connectivity index (χ2v) is 4.27. The zero-order valence-electron chi connectivity index (χ0n) is 11.1. The van der Waals surface area contributed by atoms with E-state index in [0.717, 1.165) is 23.1 Å². The number of carbonyl (C=O) groups is 1. The summed E-state index contributed by atoms with van der Waals surface area (Å²) in [5, 5.41) is 12.6. The molecule has 98 valence electrons. The van der Waals surface area contributed by atoms with E-state index in [9.17, 15) is 9.90 Å². The first kappa shape index (κ1) is 14.4. The number of aromatic nitrogens is 1. The van der Waals surface area contributed by atoms with E-state index >= 15 is 0 Å². The van der Waals surface area contributed by atoms with Crippen molar-refractivity contribution in [1.29, 1.82) is 0 Å². The third kappa shape index (κ3) is 3.96. The SMILES string of the molecule is CC/C(C)=C(/C)C(=O)NCC(O)c1ccncc1. The lowest BCUT2D eigenvalue weighted by Gasteiger charge is -2.13. The van der Waals surface area contributed by atoms with E-state index in [0.29, 0.717) is 0 Å². The fourth-order valence-corrected chi connectivity index (χ4v) is 1.48. The summed E-state index contributed by atoms with van der Waals surface area (Å²) in [6, 6.07) is 3.47. The third-order valence-corrected chi connectivity index (χ3v) is 3.06. The monoisotopic (exact) mass is 248 g/mol. The third-order valence-electron chi connectivity index (χ3n) is 3.06. The van der Waals surface area contributed by atoms with Gasteiger partial charge in [0.25, 0.3) is 0 Å². The van der Waals surface area contributed by atoms with Crippen LogP contribution < -0.4 is 5.32 Å². The zero-order chi connectivity index (χ0) is 13.5. The van der Waals surface area contributed by atoms with Crippen molar-refractivity contribution >= 4 is 5.91 Å².